The van der Waals surface area contributed by atoms with Gasteiger partial charge in [0.05, 0.1) is 11.4 Å². The third kappa shape index (κ3) is 5.21. The van der Waals surface area contributed by atoms with E-state index in [0.717, 1.165) is 46.9 Å². The van der Waals surface area contributed by atoms with Crippen molar-refractivity contribution < 1.29 is 4.55 Å². The van der Waals surface area contributed by atoms with Crippen LogP contribution in [0.1, 0.15) is 30.3 Å². The highest BCUT2D eigenvalue weighted by Gasteiger charge is 2.19. The molecule has 29 heavy (non-hydrogen) atoms. The summed E-state index contributed by atoms with van der Waals surface area (Å²) in [5, 5.41) is 4.55. The van der Waals surface area contributed by atoms with Gasteiger partial charge in [-0.15, -0.1) is 0 Å². The van der Waals surface area contributed by atoms with Crippen LogP contribution >= 0.6 is 0 Å². The fraction of sp³-hybridized carbons (Fsp3) is 0.348. The van der Waals surface area contributed by atoms with Crippen LogP contribution in [-0.2, 0) is 31.4 Å². The SMILES string of the molecule is CCCc1nn(C)c(C)c1N[S+]([O-])c1ccc(-c2cccc(CN(C)C)c2)cc1. The van der Waals surface area contributed by atoms with Crippen molar-refractivity contribution in [1.82, 2.24) is 14.7 Å². The Balaban J connectivity index is 1.77. The van der Waals surface area contributed by atoms with E-state index in [2.05, 4.69) is 60.0 Å². The van der Waals surface area contributed by atoms with Crippen LogP contribution in [0, 0.1) is 6.92 Å². The second-order valence-corrected chi connectivity index (χ2v) is 8.83. The van der Waals surface area contributed by atoms with Crippen LogP contribution in [0.25, 0.3) is 11.1 Å². The molecule has 3 rings (SSSR count). The summed E-state index contributed by atoms with van der Waals surface area (Å²) in [4.78, 5) is 2.91. The minimum absolute atomic E-state index is 0.754. The van der Waals surface area contributed by atoms with Crippen molar-refractivity contribution in [2.24, 2.45) is 7.05 Å². The van der Waals surface area contributed by atoms with Crippen molar-refractivity contribution in [3.8, 4) is 11.1 Å². The van der Waals surface area contributed by atoms with Crippen LogP contribution in [-0.4, -0.2) is 33.3 Å². The zero-order chi connectivity index (χ0) is 21.0. The molecular formula is C23H30N4OS. The van der Waals surface area contributed by atoms with Crippen LogP contribution in [0.2, 0.25) is 0 Å². The van der Waals surface area contributed by atoms with Crippen LogP contribution < -0.4 is 4.72 Å². The molecule has 1 unspecified atom stereocenters. The van der Waals surface area contributed by atoms with Gasteiger partial charge in [0, 0.05) is 13.6 Å². The Labute approximate surface area is 177 Å². The summed E-state index contributed by atoms with van der Waals surface area (Å²) in [5.41, 5.74) is 6.41. The zero-order valence-corrected chi connectivity index (χ0v) is 18.7. The van der Waals surface area contributed by atoms with Crippen molar-refractivity contribution in [3.05, 3.63) is 65.5 Å². The number of nitrogens with zero attached hydrogens (tertiary/aromatic N) is 3. The van der Waals surface area contributed by atoms with Gasteiger partial charge in [0.25, 0.3) is 0 Å². The smallest absolute Gasteiger partial charge is 0.179 e. The summed E-state index contributed by atoms with van der Waals surface area (Å²) in [6, 6.07) is 16.5. The average molecular weight is 411 g/mol. The summed E-state index contributed by atoms with van der Waals surface area (Å²) >= 11 is -1.33. The van der Waals surface area contributed by atoms with Gasteiger partial charge in [0.15, 0.2) is 4.90 Å². The summed E-state index contributed by atoms with van der Waals surface area (Å²) in [7, 11) is 6.06. The largest absolute Gasteiger partial charge is 0.588 e. The molecule has 0 saturated carbocycles. The van der Waals surface area contributed by atoms with E-state index in [4.69, 9.17) is 0 Å². The number of rotatable bonds is 8. The van der Waals surface area contributed by atoms with E-state index >= 15 is 0 Å². The Morgan fingerprint density at radius 2 is 1.83 bits per heavy atom. The standard InChI is InChI=1S/C23H30N4OS/c1-6-8-22-23(17(2)27(5)24-22)25-29(28)21-13-11-19(12-14-21)20-10-7-9-18(15-20)16-26(3)4/h7,9-15,25H,6,8,16H2,1-5H3. The van der Waals surface area contributed by atoms with Gasteiger partial charge in [-0.3, -0.25) is 4.68 Å². The first-order valence-electron chi connectivity index (χ1n) is 9.94. The van der Waals surface area contributed by atoms with E-state index in [1.165, 1.54) is 11.1 Å². The number of hydrogen-bond acceptors (Lipinski definition) is 4. The molecule has 0 amide bonds. The number of aryl methyl sites for hydroxylation is 2. The first-order valence-corrected chi connectivity index (χ1v) is 11.1. The molecule has 154 valence electrons. The molecule has 1 atom stereocenters. The van der Waals surface area contributed by atoms with E-state index in [9.17, 15) is 4.55 Å². The predicted octanol–water partition coefficient (Wildman–Crippen LogP) is 4.54. The monoisotopic (exact) mass is 410 g/mol. The van der Waals surface area contributed by atoms with Gasteiger partial charge in [-0.1, -0.05) is 31.5 Å². The third-order valence-electron chi connectivity index (χ3n) is 4.92. The lowest BCUT2D eigenvalue weighted by molar-refractivity contribution is 0.402. The molecule has 5 nitrogen and oxygen atoms in total. The molecule has 0 spiro atoms. The van der Waals surface area contributed by atoms with Crippen LogP contribution in [0.15, 0.2) is 53.4 Å². The number of nitrogens with one attached hydrogen (secondary N) is 1. The molecule has 0 bridgehead atoms. The van der Waals surface area contributed by atoms with Crippen molar-refractivity contribution >= 4 is 17.0 Å². The van der Waals surface area contributed by atoms with Crippen LogP contribution in [0.5, 0.6) is 0 Å². The van der Waals surface area contributed by atoms with Gasteiger partial charge in [-0.25, -0.2) is 0 Å². The number of anilines is 1. The molecule has 1 heterocycles. The van der Waals surface area contributed by atoms with Crippen molar-refractivity contribution in [3.63, 3.8) is 0 Å². The molecule has 0 fully saturated rings. The Morgan fingerprint density at radius 1 is 1.10 bits per heavy atom. The number of aromatic nitrogens is 2. The molecule has 0 aliphatic heterocycles. The topological polar surface area (TPSA) is 56.1 Å². The summed E-state index contributed by atoms with van der Waals surface area (Å²) in [5.74, 6) is 0. The lowest BCUT2D eigenvalue weighted by atomic mass is 10.0. The van der Waals surface area contributed by atoms with Crippen LogP contribution in [0.4, 0.5) is 5.69 Å². The fourth-order valence-electron chi connectivity index (χ4n) is 3.36. The van der Waals surface area contributed by atoms with Gasteiger partial charge in [0.2, 0.25) is 0 Å². The normalized spacial score (nSPS) is 12.4. The molecule has 0 radical (unpaired) electrons. The van der Waals surface area contributed by atoms with E-state index in [0.29, 0.717) is 0 Å². The second kappa shape index (κ2) is 9.48. The van der Waals surface area contributed by atoms with Gasteiger partial charge in [0.1, 0.15) is 17.0 Å². The third-order valence-corrected chi connectivity index (χ3v) is 6.01. The van der Waals surface area contributed by atoms with Gasteiger partial charge in [-0.05, 0) is 74.5 Å². The molecule has 3 aromatic rings. The first kappa shape index (κ1) is 21.4. The lowest BCUT2D eigenvalue weighted by Crippen LogP contribution is -2.14. The molecule has 1 N–H and O–H groups in total. The molecule has 0 aliphatic carbocycles. The maximum absolute atomic E-state index is 12.9. The second-order valence-electron chi connectivity index (χ2n) is 7.61. The van der Waals surface area contributed by atoms with Gasteiger partial charge < -0.3 is 9.45 Å². The van der Waals surface area contributed by atoms with E-state index in [1.54, 1.807) is 0 Å². The molecule has 0 saturated heterocycles. The Bertz CT molecular complexity index is 950. The fourth-order valence-corrected chi connectivity index (χ4v) is 4.31. The predicted molar refractivity (Wildman–Crippen MR) is 121 cm³/mol. The molecular weight excluding hydrogens is 380 g/mol. The van der Waals surface area contributed by atoms with Gasteiger partial charge >= 0.3 is 0 Å². The highest BCUT2D eigenvalue weighted by Crippen LogP contribution is 2.26. The summed E-state index contributed by atoms with van der Waals surface area (Å²) < 4.78 is 17.9. The summed E-state index contributed by atoms with van der Waals surface area (Å²) in [6.07, 6.45) is 1.86. The number of benzene rings is 2. The van der Waals surface area contributed by atoms with E-state index in [-0.39, 0.29) is 0 Å². The Kier molecular flexibility index (Phi) is 7.00. The molecule has 1 aromatic heterocycles. The van der Waals surface area contributed by atoms with E-state index < -0.39 is 11.4 Å². The maximum Gasteiger partial charge on any atom is 0.179 e. The maximum atomic E-state index is 12.9. The minimum atomic E-state index is -1.33. The minimum Gasteiger partial charge on any atom is -0.588 e. The van der Waals surface area contributed by atoms with Crippen LogP contribution in [0.3, 0.4) is 0 Å². The quantitative estimate of drug-likeness (QED) is 0.554. The zero-order valence-electron chi connectivity index (χ0n) is 17.9. The van der Waals surface area contributed by atoms with Crippen molar-refractivity contribution in [2.45, 2.75) is 38.1 Å². The van der Waals surface area contributed by atoms with Crippen molar-refractivity contribution in [2.75, 3.05) is 18.8 Å². The highest BCUT2D eigenvalue weighted by molar-refractivity contribution is 7.92. The number of hydrogen-bond donors (Lipinski definition) is 1. The molecule has 6 heteroatoms. The van der Waals surface area contributed by atoms with Crippen molar-refractivity contribution in [1.29, 1.82) is 0 Å². The summed E-state index contributed by atoms with van der Waals surface area (Å²) in [6.45, 7) is 5.02. The average Bonchev–Trinajstić information content (AvgIpc) is 2.95. The van der Waals surface area contributed by atoms with E-state index in [1.807, 2.05) is 42.9 Å². The first-order chi connectivity index (χ1) is 13.9. The Hall–Kier alpha value is -2.28. The highest BCUT2D eigenvalue weighted by atomic mass is 32.2. The molecule has 2 aromatic carbocycles. The Morgan fingerprint density at radius 3 is 2.48 bits per heavy atom. The molecule has 0 aliphatic rings. The van der Waals surface area contributed by atoms with Gasteiger partial charge in [-0.2, -0.15) is 9.82 Å². The lowest BCUT2D eigenvalue weighted by Gasteiger charge is -2.13.